The third kappa shape index (κ3) is 2.35. The molecule has 2 aromatic rings. The van der Waals surface area contributed by atoms with Crippen LogP contribution in [0.4, 0.5) is 0 Å². The standard InChI is InChI=1S/C15H17N3/c1-2-9-16-14(8-1)18-11-13-6-3-5-12-7-4-10-17-15(12)13/h3-7,10H,1-2,8-9,11H2,(H,16,18). The van der Waals surface area contributed by atoms with Crippen molar-refractivity contribution in [1.29, 1.82) is 0 Å². The van der Waals surface area contributed by atoms with Gasteiger partial charge in [-0.2, -0.15) is 0 Å². The zero-order chi connectivity index (χ0) is 12.2. The molecule has 0 fully saturated rings. The van der Waals surface area contributed by atoms with Crippen LogP contribution < -0.4 is 5.32 Å². The Balaban J connectivity index is 1.80. The van der Waals surface area contributed by atoms with Crippen LogP contribution in [0.15, 0.2) is 41.5 Å². The summed E-state index contributed by atoms with van der Waals surface area (Å²) < 4.78 is 0. The van der Waals surface area contributed by atoms with Crippen LogP contribution in [0.25, 0.3) is 10.9 Å². The first-order valence-corrected chi connectivity index (χ1v) is 6.53. The van der Waals surface area contributed by atoms with E-state index in [9.17, 15) is 0 Å². The van der Waals surface area contributed by atoms with Crippen molar-refractivity contribution in [3.63, 3.8) is 0 Å². The normalized spacial score (nSPS) is 15.4. The zero-order valence-electron chi connectivity index (χ0n) is 10.4. The Morgan fingerprint density at radius 2 is 2.06 bits per heavy atom. The molecule has 0 spiro atoms. The van der Waals surface area contributed by atoms with Gasteiger partial charge in [0.2, 0.25) is 0 Å². The highest BCUT2D eigenvalue weighted by Gasteiger charge is 2.06. The van der Waals surface area contributed by atoms with E-state index in [1.54, 1.807) is 0 Å². The number of benzene rings is 1. The first-order chi connectivity index (χ1) is 8.93. The quantitative estimate of drug-likeness (QED) is 0.875. The summed E-state index contributed by atoms with van der Waals surface area (Å²) in [5.74, 6) is 1.15. The van der Waals surface area contributed by atoms with Crippen molar-refractivity contribution in [3.05, 3.63) is 42.1 Å². The number of nitrogens with one attached hydrogen (secondary N) is 1. The third-order valence-electron chi connectivity index (χ3n) is 3.32. The Hall–Kier alpha value is -1.90. The zero-order valence-corrected chi connectivity index (χ0v) is 10.4. The molecule has 1 aromatic carbocycles. The van der Waals surface area contributed by atoms with Crippen molar-refractivity contribution in [3.8, 4) is 0 Å². The van der Waals surface area contributed by atoms with E-state index >= 15 is 0 Å². The van der Waals surface area contributed by atoms with Gasteiger partial charge < -0.3 is 5.32 Å². The number of rotatable bonds is 2. The second kappa shape index (κ2) is 5.17. The lowest BCUT2D eigenvalue weighted by Crippen LogP contribution is -2.25. The minimum absolute atomic E-state index is 0.813. The monoisotopic (exact) mass is 239 g/mol. The molecule has 0 unspecified atom stereocenters. The number of aromatic nitrogens is 1. The molecule has 0 saturated carbocycles. The molecule has 3 rings (SSSR count). The number of amidine groups is 1. The van der Waals surface area contributed by atoms with Crippen LogP contribution in [-0.4, -0.2) is 17.4 Å². The van der Waals surface area contributed by atoms with Crippen LogP contribution >= 0.6 is 0 Å². The van der Waals surface area contributed by atoms with Gasteiger partial charge in [0.15, 0.2) is 0 Å². The second-order valence-corrected chi connectivity index (χ2v) is 4.63. The number of nitrogens with zero attached hydrogens (tertiary/aromatic N) is 2. The topological polar surface area (TPSA) is 37.3 Å². The van der Waals surface area contributed by atoms with Crippen molar-refractivity contribution >= 4 is 16.7 Å². The lowest BCUT2D eigenvalue weighted by atomic mass is 10.1. The van der Waals surface area contributed by atoms with E-state index in [2.05, 4.69) is 39.6 Å². The molecule has 18 heavy (non-hydrogen) atoms. The first-order valence-electron chi connectivity index (χ1n) is 6.53. The highest BCUT2D eigenvalue weighted by atomic mass is 15.0. The lowest BCUT2D eigenvalue weighted by molar-refractivity contribution is 0.706. The maximum Gasteiger partial charge on any atom is 0.0965 e. The van der Waals surface area contributed by atoms with Crippen molar-refractivity contribution in [2.75, 3.05) is 6.54 Å². The summed E-state index contributed by atoms with van der Waals surface area (Å²) in [7, 11) is 0. The summed E-state index contributed by atoms with van der Waals surface area (Å²) in [6, 6.07) is 10.4. The van der Waals surface area contributed by atoms with Gasteiger partial charge in [0, 0.05) is 31.1 Å². The number of para-hydroxylation sites is 1. The Kier molecular flexibility index (Phi) is 3.22. The summed E-state index contributed by atoms with van der Waals surface area (Å²) in [6.45, 7) is 1.78. The predicted octanol–water partition coefficient (Wildman–Crippen LogP) is 2.91. The van der Waals surface area contributed by atoms with Gasteiger partial charge in [-0.15, -0.1) is 0 Å². The molecule has 0 radical (unpaired) electrons. The van der Waals surface area contributed by atoms with Crippen molar-refractivity contribution < 1.29 is 0 Å². The fraction of sp³-hybridized carbons (Fsp3) is 0.333. The van der Waals surface area contributed by atoms with Crippen LogP contribution in [0.2, 0.25) is 0 Å². The molecule has 3 heteroatoms. The molecule has 1 N–H and O–H groups in total. The Morgan fingerprint density at radius 3 is 2.94 bits per heavy atom. The molecule has 1 aromatic heterocycles. The minimum atomic E-state index is 0.813. The highest BCUT2D eigenvalue weighted by molar-refractivity contribution is 5.84. The van der Waals surface area contributed by atoms with Crippen molar-refractivity contribution in [1.82, 2.24) is 10.3 Å². The van der Waals surface area contributed by atoms with E-state index in [0.717, 1.165) is 30.9 Å². The highest BCUT2D eigenvalue weighted by Crippen LogP contribution is 2.16. The largest absolute Gasteiger partial charge is 0.370 e. The fourth-order valence-corrected chi connectivity index (χ4v) is 2.35. The average molecular weight is 239 g/mol. The summed E-state index contributed by atoms with van der Waals surface area (Å²) in [4.78, 5) is 8.97. The predicted molar refractivity (Wildman–Crippen MR) is 74.7 cm³/mol. The van der Waals surface area contributed by atoms with Gasteiger partial charge in [0.1, 0.15) is 0 Å². The third-order valence-corrected chi connectivity index (χ3v) is 3.32. The van der Waals surface area contributed by atoms with E-state index in [-0.39, 0.29) is 0 Å². The summed E-state index contributed by atoms with van der Waals surface area (Å²) >= 11 is 0. The van der Waals surface area contributed by atoms with Crippen LogP contribution in [0.5, 0.6) is 0 Å². The number of hydrogen-bond donors (Lipinski definition) is 1. The molecule has 0 aliphatic carbocycles. The molecule has 92 valence electrons. The van der Waals surface area contributed by atoms with E-state index in [1.165, 1.54) is 23.8 Å². The van der Waals surface area contributed by atoms with Gasteiger partial charge in [-0.05, 0) is 24.5 Å². The SMILES string of the molecule is c1cnc2c(CNC3=NCCCC3)cccc2c1. The molecule has 1 aliphatic heterocycles. The Bertz CT molecular complexity index is 569. The van der Waals surface area contributed by atoms with Crippen LogP contribution in [0, 0.1) is 0 Å². The van der Waals surface area contributed by atoms with E-state index < -0.39 is 0 Å². The van der Waals surface area contributed by atoms with E-state index in [0.29, 0.717) is 0 Å². The summed E-state index contributed by atoms with van der Waals surface area (Å²) in [5, 5.41) is 4.64. The van der Waals surface area contributed by atoms with Gasteiger partial charge in [-0.1, -0.05) is 24.3 Å². The lowest BCUT2D eigenvalue weighted by Gasteiger charge is -2.14. The van der Waals surface area contributed by atoms with Gasteiger partial charge in [0.05, 0.1) is 11.4 Å². The van der Waals surface area contributed by atoms with Gasteiger partial charge in [0.25, 0.3) is 0 Å². The maximum atomic E-state index is 4.51. The molecule has 3 nitrogen and oxygen atoms in total. The van der Waals surface area contributed by atoms with Crippen LogP contribution in [-0.2, 0) is 6.54 Å². The number of fused-ring (bicyclic) bond motifs is 1. The molecular formula is C15H17N3. The second-order valence-electron chi connectivity index (χ2n) is 4.63. The molecule has 0 atom stereocenters. The summed E-state index contributed by atoms with van der Waals surface area (Å²) in [5.41, 5.74) is 2.32. The van der Waals surface area contributed by atoms with E-state index in [1.807, 2.05) is 12.3 Å². The van der Waals surface area contributed by atoms with Gasteiger partial charge >= 0.3 is 0 Å². The minimum Gasteiger partial charge on any atom is -0.370 e. The fourth-order valence-electron chi connectivity index (χ4n) is 2.35. The Labute approximate surface area is 107 Å². The number of pyridine rings is 1. The first kappa shape index (κ1) is 11.2. The molecule has 0 amide bonds. The maximum absolute atomic E-state index is 4.51. The van der Waals surface area contributed by atoms with Crippen molar-refractivity contribution in [2.24, 2.45) is 4.99 Å². The summed E-state index contributed by atoms with van der Waals surface area (Å²) in [6.07, 6.45) is 5.41. The molecule has 0 bridgehead atoms. The molecule has 0 saturated heterocycles. The molecule has 1 aliphatic rings. The smallest absolute Gasteiger partial charge is 0.0965 e. The van der Waals surface area contributed by atoms with Crippen LogP contribution in [0.3, 0.4) is 0 Å². The Morgan fingerprint density at radius 1 is 1.11 bits per heavy atom. The van der Waals surface area contributed by atoms with Crippen molar-refractivity contribution in [2.45, 2.75) is 25.8 Å². The molecular weight excluding hydrogens is 222 g/mol. The van der Waals surface area contributed by atoms with E-state index in [4.69, 9.17) is 0 Å². The number of aliphatic imine (C=N–C) groups is 1. The average Bonchev–Trinajstić information content (AvgIpc) is 2.46. The van der Waals surface area contributed by atoms with Gasteiger partial charge in [-0.3, -0.25) is 9.98 Å². The van der Waals surface area contributed by atoms with Crippen LogP contribution in [0.1, 0.15) is 24.8 Å². The molecule has 2 heterocycles. The van der Waals surface area contributed by atoms with Gasteiger partial charge in [-0.25, -0.2) is 0 Å². The number of hydrogen-bond acceptors (Lipinski definition) is 3.